The van der Waals surface area contributed by atoms with E-state index in [-0.39, 0.29) is 12.1 Å². The number of hydrogen-bond acceptors (Lipinski definition) is 4. The molecular formula is C19H23N3O4S. The van der Waals surface area contributed by atoms with E-state index in [1.54, 1.807) is 29.2 Å². The van der Waals surface area contributed by atoms with E-state index in [1.165, 1.54) is 5.56 Å². The Kier molecular flexibility index (Phi) is 5.67. The summed E-state index contributed by atoms with van der Waals surface area (Å²) in [5.41, 5.74) is 3.26. The number of amides is 2. The third-order valence-corrected chi connectivity index (χ3v) is 4.89. The number of rotatable bonds is 6. The lowest BCUT2D eigenvalue weighted by Crippen LogP contribution is -2.56. The number of aryl methyl sites for hydroxylation is 1. The lowest BCUT2D eigenvalue weighted by Gasteiger charge is -2.38. The van der Waals surface area contributed by atoms with E-state index in [2.05, 4.69) is 10.0 Å². The summed E-state index contributed by atoms with van der Waals surface area (Å²) in [6.07, 6.45) is 1.10. The van der Waals surface area contributed by atoms with Crippen LogP contribution in [0.3, 0.4) is 0 Å². The van der Waals surface area contributed by atoms with E-state index < -0.39 is 10.0 Å². The number of likely N-dealkylation sites (tertiary alicyclic amines) is 1. The molecule has 1 heterocycles. The van der Waals surface area contributed by atoms with Gasteiger partial charge in [0.1, 0.15) is 0 Å². The van der Waals surface area contributed by atoms with E-state index in [9.17, 15) is 13.2 Å². The summed E-state index contributed by atoms with van der Waals surface area (Å²) in [4.78, 5) is 13.9. The fraction of sp³-hybridized carbons (Fsp3) is 0.316. The number of sulfonamides is 1. The Labute approximate surface area is 159 Å². The third-order valence-electron chi connectivity index (χ3n) is 4.29. The number of hydrogen-bond donors (Lipinski definition) is 2. The summed E-state index contributed by atoms with van der Waals surface area (Å²) in [6.45, 7) is 3.63. The van der Waals surface area contributed by atoms with Crippen LogP contribution in [0.5, 0.6) is 0 Å². The molecule has 2 N–H and O–H groups in total. The standard InChI is InChI=1S/C19H23N3O4S/c1-14-6-3-4-7-15(14)13-26-18-11-22(12-18)19(23)20-16-8-5-9-17(10-16)21-27(2,24)25/h3-10,18,21H,11-13H2,1-2H3,(H,20,23). The molecule has 3 rings (SSSR count). The molecule has 2 amide bonds. The molecule has 0 aliphatic carbocycles. The minimum absolute atomic E-state index is 0.0218. The summed E-state index contributed by atoms with van der Waals surface area (Å²) in [5, 5.41) is 2.77. The first-order chi connectivity index (χ1) is 12.8. The van der Waals surface area contributed by atoms with Crippen molar-refractivity contribution in [2.75, 3.05) is 29.4 Å². The molecule has 1 aliphatic rings. The highest BCUT2D eigenvalue weighted by Crippen LogP contribution is 2.20. The van der Waals surface area contributed by atoms with Gasteiger partial charge in [-0.1, -0.05) is 30.3 Å². The number of carbonyl (C=O) groups is 1. The van der Waals surface area contributed by atoms with Gasteiger partial charge in [0.15, 0.2) is 0 Å². The zero-order chi connectivity index (χ0) is 19.4. The molecule has 0 atom stereocenters. The molecule has 1 aliphatic heterocycles. The van der Waals surface area contributed by atoms with Gasteiger partial charge in [-0.15, -0.1) is 0 Å². The summed E-state index contributed by atoms with van der Waals surface area (Å²) in [7, 11) is -3.36. The van der Waals surface area contributed by atoms with Gasteiger partial charge in [-0.25, -0.2) is 13.2 Å². The van der Waals surface area contributed by atoms with Crippen LogP contribution in [0.1, 0.15) is 11.1 Å². The molecular weight excluding hydrogens is 366 g/mol. The summed E-state index contributed by atoms with van der Waals surface area (Å²) < 4.78 is 30.8. The predicted molar refractivity (Wildman–Crippen MR) is 105 cm³/mol. The monoisotopic (exact) mass is 389 g/mol. The van der Waals surface area contributed by atoms with Crippen LogP contribution < -0.4 is 10.0 Å². The van der Waals surface area contributed by atoms with Crippen molar-refractivity contribution in [3.05, 3.63) is 59.7 Å². The van der Waals surface area contributed by atoms with Crippen molar-refractivity contribution < 1.29 is 17.9 Å². The van der Waals surface area contributed by atoms with Gasteiger partial charge < -0.3 is 15.0 Å². The molecule has 1 saturated heterocycles. The zero-order valence-corrected chi connectivity index (χ0v) is 16.1. The summed E-state index contributed by atoms with van der Waals surface area (Å²) >= 11 is 0. The quantitative estimate of drug-likeness (QED) is 0.795. The molecule has 1 fully saturated rings. The van der Waals surface area contributed by atoms with Gasteiger partial charge in [-0.2, -0.15) is 0 Å². The van der Waals surface area contributed by atoms with Crippen molar-refractivity contribution in [1.82, 2.24) is 4.90 Å². The first-order valence-corrected chi connectivity index (χ1v) is 10.5. The van der Waals surface area contributed by atoms with Gasteiger partial charge in [0.05, 0.1) is 37.7 Å². The maximum absolute atomic E-state index is 12.3. The Morgan fingerprint density at radius 2 is 1.85 bits per heavy atom. The Hall–Kier alpha value is -2.58. The molecule has 0 unspecified atom stereocenters. The number of ether oxygens (including phenoxy) is 1. The lowest BCUT2D eigenvalue weighted by molar-refractivity contribution is -0.0422. The van der Waals surface area contributed by atoms with Crippen molar-refractivity contribution in [1.29, 1.82) is 0 Å². The van der Waals surface area contributed by atoms with Crippen LogP contribution in [-0.4, -0.2) is 44.8 Å². The van der Waals surface area contributed by atoms with Crippen LogP contribution in [-0.2, 0) is 21.4 Å². The number of anilines is 2. The number of carbonyl (C=O) groups excluding carboxylic acids is 1. The highest BCUT2D eigenvalue weighted by Gasteiger charge is 2.31. The molecule has 8 heteroatoms. The summed E-state index contributed by atoms with van der Waals surface area (Å²) in [5.74, 6) is 0. The van der Waals surface area contributed by atoms with Gasteiger partial charge in [0.2, 0.25) is 10.0 Å². The lowest BCUT2D eigenvalue weighted by atomic mass is 10.1. The van der Waals surface area contributed by atoms with Gasteiger partial charge >= 0.3 is 6.03 Å². The van der Waals surface area contributed by atoms with Gasteiger partial charge in [0.25, 0.3) is 0 Å². The number of nitrogens with zero attached hydrogens (tertiary/aromatic N) is 1. The highest BCUT2D eigenvalue weighted by molar-refractivity contribution is 7.92. The van der Waals surface area contributed by atoms with E-state index >= 15 is 0 Å². The average molecular weight is 389 g/mol. The zero-order valence-electron chi connectivity index (χ0n) is 15.3. The van der Waals surface area contributed by atoms with Crippen LogP contribution >= 0.6 is 0 Å². The second kappa shape index (κ2) is 7.98. The van der Waals surface area contributed by atoms with Crippen LogP contribution in [0.25, 0.3) is 0 Å². The fourth-order valence-corrected chi connectivity index (χ4v) is 3.32. The van der Waals surface area contributed by atoms with E-state index in [0.717, 1.165) is 11.8 Å². The van der Waals surface area contributed by atoms with Crippen molar-refractivity contribution >= 4 is 27.4 Å². The SMILES string of the molecule is Cc1ccccc1COC1CN(C(=O)Nc2cccc(NS(C)(=O)=O)c2)C1. The second-order valence-electron chi connectivity index (χ2n) is 6.65. The molecule has 2 aromatic carbocycles. The predicted octanol–water partition coefficient (Wildman–Crippen LogP) is 2.80. The van der Waals surface area contributed by atoms with Crippen LogP contribution in [0.2, 0.25) is 0 Å². The molecule has 0 aromatic heterocycles. The van der Waals surface area contributed by atoms with E-state index in [0.29, 0.717) is 31.1 Å². The van der Waals surface area contributed by atoms with Crippen LogP contribution in [0, 0.1) is 6.92 Å². The maximum Gasteiger partial charge on any atom is 0.322 e. The summed E-state index contributed by atoms with van der Waals surface area (Å²) in [6, 6.07) is 14.4. The van der Waals surface area contributed by atoms with Crippen LogP contribution in [0.15, 0.2) is 48.5 Å². The normalized spacial score (nSPS) is 14.5. The van der Waals surface area contributed by atoms with Gasteiger partial charge in [-0.05, 0) is 36.2 Å². The van der Waals surface area contributed by atoms with Crippen molar-refractivity contribution in [3.63, 3.8) is 0 Å². The highest BCUT2D eigenvalue weighted by atomic mass is 32.2. The maximum atomic E-state index is 12.3. The molecule has 0 bridgehead atoms. The Morgan fingerprint density at radius 1 is 1.15 bits per heavy atom. The molecule has 7 nitrogen and oxygen atoms in total. The fourth-order valence-electron chi connectivity index (χ4n) is 2.77. The van der Waals surface area contributed by atoms with E-state index in [4.69, 9.17) is 4.74 Å². The Bertz CT molecular complexity index is 924. The number of nitrogens with one attached hydrogen (secondary N) is 2. The van der Waals surface area contributed by atoms with Crippen molar-refractivity contribution in [2.24, 2.45) is 0 Å². The first kappa shape index (κ1) is 19.2. The minimum Gasteiger partial charge on any atom is -0.370 e. The molecule has 0 radical (unpaired) electrons. The largest absolute Gasteiger partial charge is 0.370 e. The smallest absolute Gasteiger partial charge is 0.322 e. The molecule has 2 aromatic rings. The van der Waals surface area contributed by atoms with Gasteiger partial charge in [-0.3, -0.25) is 4.72 Å². The third kappa shape index (κ3) is 5.45. The number of benzene rings is 2. The molecule has 27 heavy (non-hydrogen) atoms. The van der Waals surface area contributed by atoms with Crippen molar-refractivity contribution in [2.45, 2.75) is 19.6 Å². The molecule has 144 valence electrons. The molecule has 0 saturated carbocycles. The second-order valence-corrected chi connectivity index (χ2v) is 8.40. The molecule has 0 spiro atoms. The van der Waals surface area contributed by atoms with E-state index in [1.807, 2.05) is 31.2 Å². The first-order valence-electron chi connectivity index (χ1n) is 8.60. The van der Waals surface area contributed by atoms with Crippen LogP contribution in [0.4, 0.5) is 16.2 Å². The topological polar surface area (TPSA) is 87.7 Å². The Balaban J connectivity index is 1.47. The Morgan fingerprint density at radius 3 is 2.56 bits per heavy atom. The van der Waals surface area contributed by atoms with Gasteiger partial charge in [0, 0.05) is 5.69 Å². The minimum atomic E-state index is -3.36. The average Bonchev–Trinajstić information content (AvgIpc) is 2.53. The van der Waals surface area contributed by atoms with Crippen molar-refractivity contribution in [3.8, 4) is 0 Å². The number of urea groups is 1.